The van der Waals surface area contributed by atoms with Crippen molar-refractivity contribution in [3.63, 3.8) is 0 Å². The van der Waals surface area contributed by atoms with Gasteiger partial charge in [-0.2, -0.15) is 11.8 Å². The molecule has 0 aliphatic carbocycles. The van der Waals surface area contributed by atoms with Crippen LogP contribution in [0.2, 0.25) is 0 Å². The summed E-state index contributed by atoms with van der Waals surface area (Å²) < 4.78 is 1.72. The van der Waals surface area contributed by atoms with E-state index in [4.69, 9.17) is 5.11 Å². The quantitative estimate of drug-likeness (QED) is 0.578. The Morgan fingerprint density at radius 2 is 2.42 bits per heavy atom. The van der Waals surface area contributed by atoms with E-state index in [0.717, 1.165) is 19.4 Å². The van der Waals surface area contributed by atoms with Crippen LogP contribution in [0.1, 0.15) is 25.6 Å². The van der Waals surface area contributed by atoms with Crippen molar-refractivity contribution in [1.82, 2.24) is 25.5 Å². The van der Waals surface area contributed by atoms with E-state index < -0.39 is 12.0 Å². The van der Waals surface area contributed by atoms with Crippen molar-refractivity contribution < 1.29 is 14.7 Å². The molecule has 2 N–H and O–H groups in total. The van der Waals surface area contributed by atoms with Crippen molar-refractivity contribution in [2.75, 3.05) is 5.75 Å². The van der Waals surface area contributed by atoms with Crippen LogP contribution in [0.3, 0.4) is 0 Å². The third kappa shape index (κ3) is 5.25. The number of thioether (sulfide) groups is 1. The van der Waals surface area contributed by atoms with Crippen LogP contribution < -0.4 is 5.32 Å². The summed E-state index contributed by atoms with van der Waals surface area (Å²) in [5.41, 5.74) is 0. The Kier molecular flexibility index (Phi) is 6.86. The molecule has 1 amide bonds. The number of aryl methyl sites for hydroxylation is 1. The molecule has 0 bridgehead atoms. The molecule has 1 heterocycles. The van der Waals surface area contributed by atoms with E-state index in [1.54, 1.807) is 4.68 Å². The van der Waals surface area contributed by atoms with Crippen molar-refractivity contribution in [3.05, 3.63) is 5.82 Å². The Balaban J connectivity index is 2.41. The van der Waals surface area contributed by atoms with Crippen LogP contribution in [0.5, 0.6) is 0 Å². The Morgan fingerprint density at radius 1 is 1.63 bits per heavy atom. The first kappa shape index (κ1) is 15.4. The summed E-state index contributed by atoms with van der Waals surface area (Å²) in [6.45, 7) is 2.84. The number of unbranched alkanes of at least 4 members (excludes halogenated alkanes) is 1. The number of nitrogens with zero attached hydrogens (tertiary/aromatic N) is 4. The van der Waals surface area contributed by atoms with E-state index in [-0.39, 0.29) is 5.75 Å². The lowest BCUT2D eigenvalue weighted by molar-refractivity contribution is -0.139. The van der Waals surface area contributed by atoms with E-state index in [0.29, 0.717) is 18.0 Å². The molecule has 1 unspecified atom stereocenters. The van der Waals surface area contributed by atoms with E-state index in [1.807, 2.05) is 0 Å². The highest BCUT2D eigenvalue weighted by Gasteiger charge is 2.16. The molecule has 1 rings (SSSR count). The number of nitrogens with one attached hydrogen (secondary N) is 1. The number of carboxylic acid groups (broad SMARTS) is 1. The van der Waals surface area contributed by atoms with Crippen LogP contribution in [-0.4, -0.2) is 49.5 Å². The normalized spacial score (nSPS) is 12.1. The van der Waals surface area contributed by atoms with Crippen molar-refractivity contribution in [2.24, 2.45) is 0 Å². The third-order valence-electron chi connectivity index (χ3n) is 2.41. The molecule has 19 heavy (non-hydrogen) atoms. The van der Waals surface area contributed by atoms with Gasteiger partial charge in [-0.3, -0.25) is 4.79 Å². The van der Waals surface area contributed by atoms with Gasteiger partial charge in [-0.15, -0.1) is 5.10 Å². The fourth-order valence-electron chi connectivity index (χ4n) is 1.35. The molecule has 8 nitrogen and oxygen atoms in total. The van der Waals surface area contributed by atoms with Gasteiger partial charge in [0.1, 0.15) is 6.04 Å². The first-order valence-electron chi connectivity index (χ1n) is 5.94. The highest BCUT2D eigenvalue weighted by molar-refractivity contribution is 7.98. The Hall–Kier alpha value is -1.64. The van der Waals surface area contributed by atoms with Crippen molar-refractivity contribution in [3.8, 4) is 0 Å². The van der Waals surface area contributed by atoms with Crippen molar-refractivity contribution in [1.29, 1.82) is 0 Å². The standard InChI is InChI=1S/C10H17N5O3S/c1-2-3-4-15-9(12-13-14-15)6-19-5-8(10(17)18)11-7-16/h7-8H,2-6H2,1H3,(H,11,16)(H,17,18). The zero-order valence-corrected chi connectivity index (χ0v) is 11.5. The third-order valence-corrected chi connectivity index (χ3v) is 3.44. The summed E-state index contributed by atoms with van der Waals surface area (Å²) in [5.74, 6) is 0.453. The minimum absolute atomic E-state index is 0.273. The average Bonchev–Trinajstić information content (AvgIpc) is 2.82. The Labute approximate surface area is 114 Å². The SMILES string of the molecule is CCCCn1nnnc1CSCC(NC=O)C(=O)O. The number of carboxylic acids is 1. The van der Waals surface area contributed by atoms with E-state index in [9.17, 15) is 9.59 Å². The van der Waals surface area contributed by atoms with Crippen molar-refractivity contribution >= 4 is 24.1 Å². The fourth-order valence-corrected chi connectivity index (χ4v) is 2.33. The Morgan fingerprint density at radius 3 is 3.05 bits per heavy atom. The topological polar surface area (TPSA) is 110 Å². The van der Waals surface area contributed by atoms with Gasteiger partial charge in [0.15, 0.2) is 5.82 Å². The minimum atomic E-state index is -1.05. The second-order valence-corrected chi connectivity index (χ2v) is 4.89. The summed E-state index contributed by atoms with van der Waals surface area (Å²) in [7, 11) is 0. The number of hydrogen-bond donors (Lipinski definition) is 2. The summed E-state index contributed by atoms with van der Waals surface area (Å²) >= 11 is 1.37. The fraction of sp³-hybridized carbons (Fsp3) is 0.700. The molecule has 1 aromatic rings. The number of aliphatic carboxylic acids is 1. The van der Waals surface area contributed by atoms with Crippen LogP contribution in [0.15, 0.2) is 0 Å². The molecule has 0 aliphatic heterocycles. The van der Waals surface area contributed by atoms with Gasteiger partial charge in [0, 0.05) is 12.3 Å². The molecule has 0 radical (unpaired) electrons. The second kappa shape index (κ2) is 8.46. The maximum Gasteiger partial charge on any atom is 0.327 e. The molecule has 1 atom stereocenters. The number of rotatable bonds is 10. The van der Waals surface area contributed by atoms with Gasteiger partial charge in [-0.1, -0.05) is 13.3 Å². The number of aromatic nitrogens is 4. The lowest BCUT2D eigenvalue weighted by Gasteiger charge is -2.10. The zero-order chi connectivity index (χ0) is 14.1. The molecule has 0 fully saturated rings. The number of amides is 1. The first-order valence-corrected chi connectivity index (χ1v) is 7.09. The van der Waals surface area contributed by atoms with Gasteiger partial charge in [-0.05, 0) is 16.8 Å². The molecule has 0 aliphatic rings. The van der Waals surface area contributed by atoms with Gasteiger partial charge < -0.3 is 10.4 Å². The number of carbonyl (C=O) groups excluding carboxylic acids is 1. The molecular weight excluding hydrogens is 270 g/mol. The van der Waals surface area contributed by atoms with Crippen LogP contribution in [0.4, 0.5) is 0 Å². The van der Waals surface area contributed by atoms with E-state index >= 15 is 0 Å². The summed E-state index contributed by atoms with van der Waals surface area (Å²) in [4.78, 5) is 21.1. The first-order chi connectivity index (χ1) is 9.19. The molecule has 0 aromatic carbocycles. The second-order valence-electron chi connectivity index (χ2n) is 3.86. The number of tetrazole rings is 1. The van der Waals surface area contributed by atoms with E-state index in [1.165, 1.54) is 11.8 Å². The minimum Gasteiger partial charge on any atom is -0.480 e. The van der Waals surface area contributed by atoms with Gasteiger partial charge in [0.25, 0.3) is 0 Å². The van der Waals surface area contributed by atoms with Crippen LogP contribution >= 0.6 is 11.8 Å². The summed E-state index contributed by atoms with van der Waals surface area (Å²) in [5, 5.41) is 22.5. The molecule has 1 aromatic heterocycles. The average molecular weight is 287 g/mol. The highest BCUT2D eigenvalue weighted by atomic mass is 32.2. The predicted octanol–water partition coefficient (Wildman–Crippen LogP) is -0.0944. The molecular formula is C10H17N5O3S. The van der Waals surface area contributed by atoms with E-state index in [2.05, 4.69) is 27.8 Å². The predicted molar refractivity (Wildman–Crippen MR) is 69.5 cm³/mol. The smallest absolute Gasteiger partial charge is 0.327 e. The highest BCUT2D eigenvalue weighted by Crippen LogP contribution is 2.11. The molecule has 0 saturated carbocycles. The molecule has 0 saturated heterocycles. The van der Waals surface area contributed by atoms with Gasteiger partial charge in [0.2, 0.25) is 6.41 Å². The molecule has 9 heteroatoms. The maximum absolute atomic E-state index is 10.8. The van der Waals surface area contributed by atoms with Gasteiger partial charge in [-0.25, -0.2) is 9.48 Å². The molecule has 0 spiro atoms. The largest absolute Gasteiger partial charge is 0.480 e. The lowest BCUT2D eigenvalue weighted by atomic mass is 10.3. The van der Waals surface area contributed by atoms with Crippen molar-refractivity contribution in [2.45, 2.75) is 38.1 Å². The summed E-state index contributed by atoms with van der Waals surface area (Å²) in [6.07, 6.45) is 2.44. The molecule has 106 valence electrons. The van der Waals surface area contributed by atoms with Gasteiger partial charge in [0.05, 0.1) is 5.75 Å². The lowest BCUT2D eigenvalue weighted by Crippen LogP contribution is -2.37. The zero-order valence-electron chi connectivity index (χ0n) is 10.7. The van der Waals surface area contributed by atoms with Gasteiger partial charge >= 0.3 is 5.97 Å². The van der Waals surface area contributed by atoms with Crippen LogP contribution in [-0.2, 0) is 21.9 Å². The number of carbonyl (C=O) groups is 2. The maximum atomic E-state index is 10.8. The van der Waals surface area contributed by atoms with Crippen LogP contribution in [0, 0.1) is 0 Å². The Bertz CT molecular complexity index is 412. The van der Waals surface area contributed by atoms with Crippen LogP contribution in [0.25, 0.3) is 0 Å². The monoisotopic (exact) mass is 287 g/mol. The number of hydrogen-bond acceptors (Lipinski definition) is 6. The summed E-state index contributed by atoms with van der Waals surface area (Å²) in [6, 6.07) is -0.887.